The molecule has 4 aliphatic rings. The zero-order chi connectivity index (χ0) is 34.7. The number of aliphatic imine (C=N–C) groups is 2. The molecule has 7 N–H and O–H groups in total. The van der Waals surface area contributed by atoms with Gasteiger partial charge in [-0.25, -0.2) is 9.98 Å². The van der Waals surface area contributed by atoms with Crippen molar-refractivity contribution in [3.05, 3.63) is 81.2 Å². The Labute approximate surface area is 332 Å². The van der Waals surface area contributed by atoms with Gasteiger partial charge in [0.2, 0.25) is 0 Å². The number of amidine groups is 2. The van der Waals surface area contributed by atoms with Crippen molar-refractivity contribution in [1.29, 1.82) is 0 Å². The van der Waals surface area contributed by atoms with Gasteiger partial charge in [0.25, 0.3) is 0 Å². The molecule has 52 heavy (non-hydrogen) atoms. The maximum atomic E-state index is 7.00. The van der Waals surface area contributed by atoms with E-state index in [1.165, 1.54) is 46.8 Å². The van der Waals surface area contributed by atoms with E-state index in [1.54, 1.807) is 22.7 Å². The van der Waals surface area contributed by atoms with Crippen molar-refractivity contribution >= 4 is 93.0 Å². The van der Waals surface area contributed by atoms with E-state index in [4.69, 9.17) is 16.6 Å². The van der Waals surface area contributed by atoms with Crippen LogP contribution in [0.25, 0.3) is 0 Å². The zero-order valence-corrected chi connectivity index (χ0v) is 33.1. The highest BCUT2D eigenvalue weighted by atomic mass is 35.5. The van der Waals surface area contributed by atoms with Gasteiger partial charge < -0.3 is 37.0 Å². The van der Waals surface area contributed by atoms with Gasteiger partial charge in [0, 0.05) is 53.6 Å². The first-order valence-electron chi connectivity index (χ1n) is 17.3. The minimum atomic E-state index is 0. The number of fused-ring (bicyclic) bond motifs is 2. The van der Waals surface area contributed by atoms with E-state index >= 15 is 0 Å². The normalized spacial score (nSPS) is 18.0. The molecule has 9 nitrogen and oxygen atoms in total. The molecule has 14 heteroatoms. The fourth-order valence-electron chi connectivity index (χ4n) is 6.82. The number of halogens is 1. The fraction of sp³-hybridized carbons (Fsp3) is 0.421. The molecule has 0 unspecified atom stereocenters. The molecule has 0 spiro atoms. The molecule has 0 saturated carbocycles. The van der Waals surface area contributed by atoms with Gasteiger partial charge in [-0.05, 0) is 111 Å². The molecular formula is C38H53ClN8OS4. The van der Waals surface area contributed by atoms with E-state index in [0.717, 1.165) is 79.0 Å². The molecule has 4 aromatic rings. The van der Waals surface area contributed by atoms with Crippen LogP contribution in [0, 0.1) is 0 Å². The average molecular weight is 802 g/mol. The van der Waals surface area contributed by atoms with E-state index in [9.17, 15) is 0 Å². The first-order chi connectivity index (χ1) is 24.6. The molecule has 0 bridgehead atoms. The Kier molecular flexibility index (Phi) is 17.1. The lowest BCUT2D eigenvalue weighted by atomic mass is 10.0. The molecule has 0 aliphatic carbocycles. The quantitative estimate of drug-likeness (QED) is 0.0992. The Morgan fingerprint density at radius 2 is 1.08 bits per heavy atom. The molecule has 282 valence electrons. The monoisotopic (exact) mass is 800 g/mol. The van der Waals surface area contributed by atoms with E-state index < -0.39 is 0 Å². The summed E-state index contributed by atoms with van der Waals surface area (Å²) in [5.41, 5.74) is 16.9. The number of hydrogen-bond donors (Lipinski definition) is 5. The number of aliphatic hydroxyl groups is 1. The Hall–Kier alpha value is -2.75. The maximum absolute atomic E-state index is 7.00. The molecule has 2 fully saturated rings. The molecule has 0 amide bonds. The van der Waals surface area contributed by atoms with Crippen LogP contribution in [0.3, 0.4) is 0 Å². The largest absolute Gasteiger partial charge is 0.400 e. The van der Waals surface area contributed by atoms with Gasteiger partial charge in [0.1, 0.15) is 11.7 Å². The van der Waals surface area contributed by atoms with Crippen molar-refractivity contribution in [3.63, 3.8) is 0 Å². The minimum Gasteiger partial charge on any atom is -0.400 e. The Morgan fingerprint density at radius 1 is 0.673 bits per heavy atom. The summed E-state index contributed by atoms with van der Waals surface area (Å²) >= 11 is 7.14. The van der Waals surface area contributed by atoms with Crippen LogP contribution in [-0.4, -0.2) is 86.7 Å². The van der Waals surface area contributed by atoms with Crippen LogP contribution in [0.15, 0.2) is 91.2 Å². The molecule has 2 aromatic carbocycles. The number of thiophene rings is 2. The number of piperidine rings is 2. The molecule has 2 aromatic heterocycles. The summed E-state index contributed by atoms with van der Waals surface area (Å²) < 4.78 is 0. The third-order valence-electron chi connectivity index (χ3n) is 9.23. The molecule has 0 atom stereocenters. The molecule has 6 heterocycles. The van der Waals surface area contributed by atoms with Crippen LogP contribution in [0.1, 0.15) is 42.9 Å². The van der Waals surface area contributed by atoms with Gasteiger partial charge in [-0.2, -0.15) is 0 Å². The number of nitrogens with one attached hydrogen (secondary N) is 2. The number of benzene rings is 2. The summed E-state index contributed by atoms with van der Waals surface area (Å²) in [6.07, 6.45) is 4.87. The third-order valence-corrected chi connectivity index (χ3v) is 13.1. The van der Waals surface area contributed by atoms with Crippen molar-refractivity contribution in [2.75, 3.05) is 67.7 Å². The number of thioether (sulfide) groups is 2. The van der Waals surface area contributed by atoms with Gasteiger partial charge >= 0.3 is 0 Å². The summed E-state index contributed by atoms with van der Waals surface area (Å²) in [5, 5.41) is 18.0. The first kappa shape index (κ1) is 42.0. The van der Waals surface area contributed by atoms with Gasteiger partial charge in [-0.1, -0.05) is 19.6 Å². The Balaban J connectivity index is 0.000000214. The van der Waals surface area contributed by atoms with Crippen LogP contribution in [-0.2, 0) is 0 Å². The molecule has 4 aliphatic heterocycles. The summed E-state index contributed by atoms with van der Waals surface area (Å²) in [7, 11) is 1.00. The highest BCUT2D eigenvalue weighted by Gasteiger charge is 2.27. The van der Waals surface area contributed by atoms with Crippen LogP contribution < -0.4 is 31.9 Å². The number of aliphatic hydroxyl groups excluding tert-OH is 1. The van der Waals surface area contributed by atoms with Crippen molar-refractivity contribution < 1.29 is 5.11 Å². The van der Waals surface area contributed by atoms with Gasteiger partial charge in [-0.3, -0.25) is 0 Å². The van der Waals surface area contributed by atoms with Gasteiger partial charge in [0.05, 0.1) is 32.5 Å². The average Bonchev–Trinajstić information content (AvgIpc) is 3.93. The number of nitrogens with two attached hydrogens (primary N) is 2. The predicted molar refractivity (Wildman–Crippen MR) is 232 cm³/mol. The van der Waals surface area contributed by atoms with E-state index in [0.29, 0.717) is 23.8 Å². The topological polar surface area (TPSA) is 128 Å². The first-order valence-corrected chi connectivity index (χ1v) is 21.0. The standard InChI is InChI=1S/2C18H22N4S2.CH4O.CH4.ClH/c2*19-18(17-2-1-10-23-17)21-13-3-4-16-15(12-13)22(9-11-24-16)14-5-7-20-8-6-14;1-2;;/h2*1-4,10,12,14,20H,5-9,11H2,(H2,19,21);2H,1H3;1H4;1H. The zero-order valence-electron chi connectivity index (χ0n) is 29.0. The lowest BCUT2D eigenvalue weighted by Crippen LogP contribution is -2.45. The van der Waals surface area contributed by atoms with Crippen molar-refractivity contribution in [2.45, 2.75) is 55.0 Å². The molecule has 0 radical (unpaired) electrons. The summed E-state index contributed by atoms with van der Waals surface area (Å²) in [6, 6.07) is 22.3. The lowest BCUT2D eigenvalue weighted by Gasteiger charge is -2.39. The summed E-state index contributed by atoms with van der Waals surface area (Å²) in [6.45, 7) is 6.71. The third kappa shape index (κ3) is 10.7. The lowest BCUT2D eigenvalue weighted by molar-refractivity contribution is 0.399. The number of rotatable bonds is 6. The SMILES string of the molecule is C.CO.Cl.NC(=Nc1ccc2c(c1)N(C1CCNCC1)CCS2)c1cccs1.NC(=Nc1ccc2c(c1)N(C1CCNCC1)CCS2)c1cccs1. The van der Waals surface area contributed by atoms with Gasteiger partial charge in [-0.15, -0.1) is 58.6 Å². The smallest absolute Gasteiger partial charge is 0.141 e. The van der Waals surface area contributed by atoms with Gasteiger partial charge in [0.15, 0.2) is 0 Å². The Bertz CT molecular complexity index is 1580. The van der Waals surface area contributed by atoms with Crippen molar-refractivity contribution in [3.8, 4) is 0 Å². The molecule has 2 saturated heterocycles. The maximum Gasteiger partial charge on any atom is 0.141 e. The van der Waals surface area contributed by atoms with Crippen LogP contribution in [0.4, 0.5) is 22.7 Å². The van der Waals surface area contributed by atoms with E-state index in [1.807, 2.05) is 58.5 Å². The van der Waals surface area contributed by atoms with Crippen LogP contribution in [0.5, 0.6) is 0 Å². The second-order valence-corrected chi connectivity index (χ2v) is 16.5. The molecule has 8 rings (SSSR count). The van der Waals surface area contributed by atoms with Crippen LogP contribution in [0.2, 0.25) is 0 Å². The second kappa shape index (κ2) is 21.2. The van der Waals surface area contributed by atoms with E-state index in [2.05, 4.69) is 66.8 Å². The predicted octanol–water partition coefficient (Wildman–Crippen LogP) is 7.56. The van der Waals surface area contributed by atoms with Crippen molar-refractivity contribution in [2.24, 2.45) is 21.5 Å². The van der Waals surface area contributed by atoms with E-state index in [-0.39, 0.29) is 19.8 Å². The minimum absolute atomic E-state index is 0. The summed E-state index contributed by atoms with van der Waals surface area (Å²) in [4.78, 5) is 19.3. The Morgan fingerprint density at radius 3 is 1.44 bits per heavy atom. The summed E-state index contributed by atoms with van der Waals surface area (Å²) in [5.74, 6) is 3.52. The molecular weight excluding hydrogens is 748 g/mol. The van der Waals surface area contributed by atoms with Crippen molar-refractivity contribution in [1.82, 2.24) is 10.6 Å². The fourth-order valence-corrected chi connectivity index (χ4v) is 10.1. The highest BCUT2D eigenvalue weighted by Crippen LogP contribution is 2.41. The highest BCUT2D eigenvalue weighted by molar-refractivity contribution is 7.99. The number of nitrogens with zero attached hydrogens (tertiary/aromatic N) is 4. The second-order valence-electron chi connectivity index (χ2n) is 12.3. The number of anilines is 2. The number of hydrogen-bond acceptors (Lipinski definition) is 11. The van der Waals surface area contributed by atoms with Crippen LogP contribution >= 0.6 is 58.6 Å².